The molecule has 0 aliphatic carbocycles. The fourth-order valence-corrected chi connectivity index (χ4v) is 1.87. The number of hydrogen-bond donors (Lipinski definition) is 3. The van der Waals surface area contributed by atoms with Crippen molar-refractivity contribution in [2.24, 2.45) is 5.73 Å². The maximum Gasteiger partial charge on any atom is 0.119 e. The van der Waals surface area contributed by atoms with Gasteiger partial charge in [0.05, 0.1) is 6.61 Å². The molecule has 0 amide bonds. The number of benzene rings is 2. The second kappa shape index (κ2) is 5.87. The smallest absolute Gasteiger partial charge is 0.119 e. The number of nitrogens with two attached hydrogens (primary N) is 1. The highest BCUT2D eigenvalue weighted by Crippen LogP contribution is 2.27. The van der Waals surface area contributed by atoms with Crippen LogP contribution in [-0.2, 0) is 6.42 Å². The lowest BCUT2D eigenvalue weighted by atomic mass is 9.98. The van der Waals surface area contributed by atoms with Gasteiger partial charge in [-0.25, -0.2) is 0 Å². The predicted molar refractivity (Wildman–Crippen MR) is 71.6 cm³/mol. The molecule has 3 nitrogen and oxygen atoms in total. The summed E-state index contributed by atoms with van der Waals surface area (Å²) in [5.74, 6) is 0.239. The summed E-state index contributed by atoms with van der Waals surface area (Å²) in [6, 6.07) is 11.0. The van der Waals surface area contributed by atoms with Crippen LogP contribution in [0.5, 0.6) is 5.75 Å². The van der Waals surface area contributed by atoms with Gasteiger partial charge in [-0.3, -0.25) is 0 Å². The van der Waals surface area contributed by atoms with Crippen LogP contribution in [0.4, 0.5) is 0 Å². The number of aromatic hydroxyl groups is 1. The third-order valence-electron chi connectivity index (χ3n) is 2.72. The first-order valence-electron chi connectivity index (χ1n) is 5.28. The summed E-state index contributed by atoms with van der Waals surface area (Å²) in [6.07, 6.45) is 0.476. The average Bonchev–Trinajstić information content (AvgIpc) is 2.32. The van der Waals surface area contributed by atoms with Gasteiger partial charge in [0.25, 0.3) is 0 Å². The van der Waals surface area contributed by atoms with E-state index in [2.05, 4.69) is 0 Å². The van der Waals surface area contributed by atoms with Gasteiger partial charge in [-0.15, -0.1) is 12.4 Å². The van der Waals surface area contributed by atoms with E-state index >= 15 is 0 Å². The van der Waals surface area contributed by atoms with E-state index in [0.29, 0.717) is 6.42 Å². The molecule has 0 saturated carbocycles. The van der Waals surface area contributed by atoms with Gasteiger partial charge in [0.2, 0.25) is 0 Å². The molecule has 1 atom stereocenters. The second-order valence-electron chi connectivity index (χ2n) is 3.93. The zero-order valence-electron chi connectivity index (χ0n) is 9.34. The third kappa shape index (κ3) is 2.88. The molecule has 0 fully saturated rings. The molecule has 0 saturated heterocycles. The van der Waals surface area contributed by atoms with E-state index in [0.717, 1.165) is 16.3 Å². The van der Waals surface area contributed by atoms with E-state index in [1.54, 1.807) is 6.07 Å². The van der Waals surface area contributed by atoms with Gasteiger partial charge in [-0.2, -0.15) is 0 Å². The number of aliphatic hydroxyl groups is 1. The van der Waals surface area contributed by atoms with E-state index in [1.165, 1.54) is 0 Å². The third-order valence-corrected chi connectivity index (χ3v) is 2.72. The molecule has 2 aromatic carbocycles. The topological polar surface area (TPSA) is 66.5 Å². The van der Waals surface area contributed by atoms with E-state index in [9.17, 15) is 5.11 Å². The molecule has 0 bridgehead atoms. The quantitative estimate of drug-likeness (QED) is 0.782. The van der Waals surface area contributed by atoms with Gasteiger partial charge in [0.15, 0.2) is 0 Å². The Bertz CT molecular complexity index is 502. The molecule has 4 N–H and O–H groups in total. The summed E-state index contributed by atoms with van der Waals surface area (Å²) in [7, 11) is 0. The van der Waals surface area contributed by atoms with Crippen molar-refractivity contribution in [1.29, 1.82) is 0 Å². The molecule has 92 valence electrons. The Morgan fingerprint density at radius 3 is 2.53 bits per heavy atom. The van der Waals surface area contributed by atoms with Crippen molar-refractivity contribution >= 4 is 23.2 Å². The lowest BCUT2D eigenvalue weighted by Crippen LogP contribution is -2.26. The van der Waals surface area contributed by atoms with Gasteiger partial charge < -0.3 is 15.9 Å². The first-order valence-corrected chi connectivity index (χ1v) is 5.28. The molecule has 0 spiro atoms. The minimum absolute atomic E-state index is 0. The van der Waals surface area contributed by atoms with Crippen molar-refractivity contribution in [3.63, 3.8) is 0 Å². The second-order valence-corrected chi connectivity index (χ2v) is 3.93. The van der Waals surface area contributed by atoms with Crippen LogP contribution in [0.2, 0.25) is 0 Å². The lowest BCUT2D eigenvalue weighted by molar-refractivity contribution is 0.265. The average molecular weight is 254 g/mol. The molecule has 0 aliphatic heterocycles. The van der Waals surface area contributed by atoms with E-state index in [1.807, 2.05) is 30.3 Å². The van der Waals surface area contributed by atoms with Gasteiger partial charge in [-0.05, 0) is 23.3 Å². The molecular weight excluding hydrogens is 238 g/mol. The fraction of sp³-hybridized carbons (Fsp3) is 0.231. The summed E-state index contributed by atoms with van der Waals surface area (Å²) < 4.78 is 0. The van der Waals surface area contributed by atoms with Crippen LogP contribution < -0.4 is 5.73 Å². The maximum absolute atomic E-state index is 9.82. The van der Waals surface area contributed by atoms with Gasteiger partial charge in [-0.1, -0.05) is 30.3 Å². The van der Waals surface area contributed by atoms with Crippen molar-refractivity contribution < 1.29 is 10.2 Å². The SMILES string of the molecule is Cl.NC(CO)Cc1c(O)ccc2ccccc12. The summed E-state index contributed by atoms with van der Waals surface area (Å²) in [5.41, 5.74) is 6.51. The van der Waals surface area contributed by atoms with Gasteiger partial charge in [0, 0.05) is 11.6 Å². The molecule has 0 heterocycles. The minimum atomic E-state index is -0.336. The van der Waals surface area contributed by atoms with Crippen molar-refractivity contribution in [2.75, 3.05) is 6.61 Å². The van der Waals surface area contributed by atoms with E-state index < -0.39 is 0 Å². The molecule has 2 rings (SSSR count). The summed E-state index contributed by atoms with van der Waals surface area (Å²) in [5, 5.41) is 20.8. The van der Waals surface area contributed by atoms with Crippen LogP contribution >= 0.6 is 12.4 Å². The van der Waals surface area contributed by atoms with Crippen LogP contribution in [0.25, 0.3) is 10.8 Å². The number of hydrogen-bond acceptors (Lipinski definition) is 3. The van der Waals surface area contributed by atoms with Crippen molar-refractivity contribution in [3.8, 4) is 5.75 Å². The molecule has 0 aromatic heterocycles. The fourth-order valence-electron chi connectivity index (χ4n) is 1.87. The Morgan fingerprint density at radius 1 is 1.12 bits per heavy atom. The van der Waals surface area contributed by atoms with E-state index in [-0.39, 0.29) is 30.8 Å². The molecule has 0 radical (unpaired) electrons. The summed E-state index contributed by atoms with van der Waals surface area (Å²) in [4.78, 5) is 0. The Labute approximate surface area is 106 Å². The predicted octanol–water partition coefficient (Wildman–Crippen LogP) is 1.83. The Hall–Kier alpha value is -1.29. The number of fused-ring (bicyclic) bond motifs is 1. The molecule has 4 heteroatoms. The number of phenols is 1. The number of halogens is 1. The largest absolute Gasteiger partial charge is 0.508 e. The van der Waals surface area contributed by atoms with Crippen LogP contribution in [0.15, 0.2) is 36.4 Å². The monoisotopic (exact) mass is 253 g/mol. The molecule has 17 heavy (non-hydrogen) atoms. The standard InChI is InChI=1S/C13H15NO2.ClH/c14-10(8-15)7-12-11-4-2-1-3-9(11)5-6-13(12)16;/h1-6,10,15-16H,7-8,14H2;1H. The zero-order chi connectivity index (χ0) is 11.5. The van der Waals surface area contributed by atoms with Gasteiger partial charge >= 0.3 is 0 Å². The van der Waals surface area contributed by atoms with Crippen LogP contribution in [0.1, 0.15) is 5.56 Å². The number of aliphatic hydroxyl groups excluding tert-OH is 1. The highest BCUT2D eigenvalue weighted by atomic mass is 35.5. The maximum atomic E-state index is 9.82. The van der Waals surface area contributed by atoms with Gasteiger partial charge in [0.1, 0.15) is 5.75 Å². The van der Waals surface area contributed by atoms with Crippen molar-refractivity contribution in [1.82, 2.24) is 0 Å². The molecule has 2 aromatic rings. The molecular formula is C13H16ClNO2. The van der Waals surface area contributed by atoms with Crippen LogP contribution in [0.3, 0.4) is 0 Å². The first-order chi connectivity index (χ1) is 7.72. The summed E-state index contributed by atoms with van der Waals surface area (Å²) >= 11 is 0. The molecule has 0 aliphatic rings. The van der Waals surface area contributed by atoms with Crippen molar-refractivity contribution in [2.45, 2.75) is 12.5 Å². The Morgan fingerprint density at radius 2 is 1.82 bits per heavy atom. The highest BCUT2D eigenvalue weighted by molar-refractivity contribution is 5.87. The van der Waals surface area contributed by atoms with Crippen LogP contribution in [-0.4, -0.2) is 22.9 Å². The Kier molecular flexibility index (Phi) is 4.75. The Balaban J connectivity index is 0.00000144. The molecule has 1 unspecified atom stereocenters. The summed E-state index contributed by atoms with van der Waals surface area (Å²) in [6.45, 7) is -0.0807. The van der Waals surface area contributed by atoms with Crippen molar-refractivity contribution in [3.05, 3.63) is 42.0 Å². The normalized spacial score (nSPS) is 12.1. The van der Waals surface area contributed by atoms with E-state index in [4.69, 9.17) is 10.8 Å². The van der Waals surface area contributed by atoms with Crippen LogP contribution in [0, 0.1) is 0 Å². The number of phenolic OH excluding ortho intramolecular Hbond substituents is 1. The zero-order valence-corrected chi connectivity index (χ0v) is 10.2. The number of rotatable bonds is 3. The lowest BCUT2D eigenvalue weighted by Gasteiger charge is -2.12. The highest BCUT2D eigenvalue weighted by Gasteiger charge is 2.10. The minimum Gasteiger partial charge on any atom is -0.508 e. The first kappa shape index (κ1) is 13.8.